The number of carbonyl (C=O) groups excluding carboxylic acids is 2. The van der Waals surface area contributed by atoms with E-state index >= 15 is 0 Å². The lowest BCUT2D eigenvalue weighted by Gasteiger charge is -2.27. The second kappa shape index (κ2) is 11.3. The molecule has 0 fully saturated rings. The van der Waals surface area contributed by atoms with Crippen molar-refractivity contribution in [1.82, 2.24) is 10.3 Å². The van der Waals surface area contributed by atoms with Crippen LogP contribution in [0.5, 0.6) is 11.8 Å². The third-order valence-corrected chi connectivity index (χ3v) is 6.00. The number of aromatic nitrogens is 2. The highest BCUT2D eigenvalue weighted by atomic mass is 16.5. The van der Waals surface area contributed by atoms with E-state index in [0.717, 1.165) is 32.0 Å². The van der Waals surface area contributed by atoms with Crippen molar-refractivity contribution in [3.05, 3.63) is 23.7 Å². The fourth-order valence-corrected chi connectivity index (χ4v) is 3.92. The van der Waals surface area contributed by atoms with Crippen molar-refractivity contribution in [3.8, 4) is 11.8 Å². The lowest BCUT2D eigenvalue weighted by molar-refractivity contribution is -0.119. The number of aldehydes is 1. The molecule has 0 aliphatic heterocycles. The molecule has 0 spiro atoms. The first-order valence-electron chi connectivity index (χ1n) is 11.3. The summed E-state index contributed by atoms with van der Waals surface area (Å²) in [4.78, 5) is 23.1. The molecule has 0 saturated heterocycles. The number of aromatic hydroxyl groups is 2. The Kier molecular flexibility index (Phi) is 9.04. The summed E-state index contributed by atoms with van der Waals surface area (Å²) in [7, 11) is 0. The molecule has 0 amide bonds. The van der Waals surface area contributed by atoms with Gasteiger partial charge in [0, 0.05) is 31.4 Å². The molecule has 2 rings (SSSR count). The molecule has 0 radical (unpaired) electrons. The van der Waals surface area contributed by atoms with E-state index in [1.165, 1.54) is 12.1 Å². The van der Waals surface area contributed by atoms with Gasteiger partial charge in [-0.05, 0) is 46.8 Å². The van der Waals surface area contributed by atoms with Crippen molar-refractivity contribution in [2.45, 2.75) is 91.4 Å². The van der Waals surface area contributed by atoms with Gasteiger partial charge in [0.2, 0.25) is 0 Å². The average Bonchev–Trinajstić information content (AvgIpc) is 3.32. The number of hydrogen-bond donors (Lipinski definition) is 2. The van der Waals surface area contributed by atoms with Crippen molar-refractivity contribution in [2.24, 2.45) is 10.8 Å². The van der Waals surface area contributed by atoms with Crippen LogP contribution in [0.4, 0.5) is 0 Å². The van der Waals surface area contributed by atoms with Crippen LogP contribution >= 0.6 is 0 Å². The zero-order valence-electron chi connectivity index (χ0n) is 19.6. The number of ketones is 1. The van der Waals surface area contributed by atoms with Gasteiger partial charge in [0.1, 0.15) is 12.1 Å². The summed E-state index contributed by atoms with van der Waals surface area (Å²) in [6.07, 6.45) is 7.73. The van der Waals surface area contributed by atoms with E-state index in [0.29, 0.717) is 43.6 Å². The fourth-order valence-electron chi connectivity index (χ4n) is 3.92. The molecule has 0 unspecified atom stereocenters. The zero-order chi connectivity index (χ0) is 23.8. The van der Waals surface area contributed by atoms with E-state index in [2.05, 4.69) is 38.0 Å². The molecule has 0 atom stereocenters. The van der Waals surface area contributed by atoms with Crippen LogP contribution in [0.3, 0.4) is 0 Å². The highest BCUT2D eigenvalue weighted by molar-refractivity contribution is 5.78. The summed E-state index contributed by atoms with van der Waals surface area (Å²) in [5.41, 5.74) is -0.197. The summed E-state index contributed by atoms with van der Waals surface area (Å²) in [5.74, 6) is 0.228. The Morgan fingerprint density at radius 3 is 2.03 bits per heavy atom. The minimum Gasteiger partial charge on any atom is -0.491 e. The van der Waals surface area contributed by atoms with Crippen LogP contribution in [-0.4, -0.2) is 32.6 Å². The van der Waals surface area contributed by atoms with Crippen LogP contribution in [0, 0.1) is 10.8 Å². The fraction of sp³-hybridized carbons (Fsp3) is 0.667. The topological polar surface area (TPSA) is 127 Å². The van der Waals surface area contributed by atoms with E-state index < -0.39 is 5.92 Å². The van der Waals surface area contributed by atoms with E-state index in [1.54, 1.807) is 0 Å². The molecule has 0 bridgehead atoms. The number of nitrogens with zero attached hydrogens (tertiary/aromatic N) is 2. The Hall–Kier alpha value is -2.64. The van der Waals surface area contributed by atoms with Gasteiger partial charge < -0.3 is 24.1 Å². The molecule has 2 aromatic heterocycles. The second-order valence-electron chi connectivity index (χ2n) is 10.2. The quantitative estimate of drug-likeness (QED) is 0.269. The van der Waals surface area contributed by atoms with Gasteiger partial charge in [-0.25, -0.2) is 0 Å². The monoisotopic (exact) mass is 448 g/mol. The third kappa shape index (κ3) is 8.48. The minimum atomic E-state index is -0.392. The van der Waals surface area contributed by atoms with Crippen molar-refractivity contribution < 1.29 is 28.8 Å². The van der Waals surface area contributed by atoms with Gasteiger partial charge >= 0.3 is 0 Å². The van der Waals surface area contributed by atoms with Gasteiger partial charge in [-0.2, -0.15) is 0 Å². The Labute approximate surface area is 189 Å². The van der Waals surface area contributed by atoms with Gasteiger partial charge in [-0.1, -0.05) is 40.5 Å². The summed E-state index contributed by atoms with van der Waals surface area (Å²) >= 11 is 0. The van der Waals surface area contributed by atoms with Gasteiger partial charge in [-0.3, -0.25) is 4.79 Å². The van der Waals surface area contributed by atoms with E-state index in [9.17, 15) is 19.8 Å². The molecule has 2 aromatic rings. The lowest BCUT2D eigenvalue weighted by Crippen LogP contribution is -2.18. The van der Waals surface area contributed by atoms with Crippen LogP contribution in [0.25, 0.3) is 0 Å². The van der Waals surface area contributed by atoms with E-state index in [4.69, 9.17) is 9.05 Å². The standard InChI is InChI=1S/C24H36N2O6/c1-23(2,12-13-27)10-7-5-6-8-17(28)9-11-24(3,4)16-18(19-14-21(29)25-31-19)20-15-22(30)26-32-20/h13-15,18H,5-12,16H2,1-4H3,(H,25,29)(H,26,30). The van der Waals surface area contributed by atoms with Crippen LogP contribution in [0.1, 0.15) is 103 Å². The smallest absolute Gasteiger partial charge is 0.251 e. The van der Waals surface area contributed by atoms with Crippen molar-refractivity contribution in [1.29, 1.82) is 0 Å². The maximum atomic E-state index is 12.4. The predicted molar refractivity (Wildman–Crippen MR) is 118 cm³/mol. The molecule has 8 nitrogen and oxygen atoms in total. The van der Waals surface area contributed by atoms with Gasteiger partial charge in [0.25, 0.3) is 11.8 Å². The van der Waals surface area contributed by atoms with E-state index in [1.807, 2.05) is 0 Å². The first-order valence-corrected chi connectivity index (χ1v) is 11.3. The lowest BCUT2D eigenvalue weighted by atomic mass is 9.77. The Balaban J connectivity index is 1.82. The minimum absolute atomic E-state index is 0.0347. The number of rotatable bonds is 15. The average molecular weight is 449 g/mol. The molecule has 32 heavy (non-hydrogen) atoms. The molecule has 0 saturated carbocycles. The molecule has 8 heteroatoms. The number of Topliss-reactive ketones (excluding diaryl/α,β-unsaturated/α-hetero) is 1. The van der Waals surface area contributed by atoms with Crippen LogP contribution in [0.2, 0.25) is 0 Å². The summed E-state index contributed by atoms with van der Waals surface area (Å²) in [5, 5.41) is 26.2. The Morgan fingerprint density at radius 2 is 1.53 bits per heavy atom. The summed E-state index contributed by atoms with van der Waals surface area (Å²) in [6.45, 7) is 8.33. The molecule has 178 valence electrons. The van der Waals surface area contributed by atoms with Crippen LogP contribution < -0.4 is 0 Å². The summed E-state index contributed by atoms with van der Waals surface area (Å²) in [6, 6.07) is 2.84. The highest BCUT2D eigenvalue weighted by Crippen LogP contribution is 2.40. The highest BCUT2D eigenvalue weighted by Gasteiger charge is 2.31. The molecule has 0 aliphatic carbocycles. The van der Waals surface area contributed by atoms with Gasteiger partial charge in [-0.15, -0.1) is 0 Å². The first-order chi connectivity index (χ1) is 15.0. The molecular weight excluding hydrogens is 412 g/mol. The van der Waals surface area contributed by atoms with Crippen molar-refractivity contribution in [2.75, 3.05) is 0 Å². The number of unbranched alkanes of at least 4 members (excludes halogenated alkanes) is 2. The Bertz CT molecular complexity index is 827. The first kappa shape index (κ1) is 25.6. The van der Waals surface area contributed by atoms with Crippen molar-refractivity contribution >= 4 is 12.1 Å². The zero-order valence-corrected chi connectivity index (χ0v) is 19.6. The normalized spacial score (nSPS) is 12.4. The Morgan fingerprint density at radius 1 is 0.938 bits per heavy atom. The molecule has 2 N–H and O–H groups in total. The van der Waals surface area contributed by atoms with Crippen molar-refractivity contribution in [3.63, 3.8) is 0 Å². The number of hydrogen-bond acceptors (Lipinski definition) is 8. The van der Waals surface area contributed by atoms with Gasteiger partial charge in [0.15, 0.2) is 11.5 Å². The predicted octanol–water partition coefficient (Wildman–Crippen LogP) is 5.54. The number of carbonyl (C=O) groups is 2. The van der Waals surface area contributed by atoms with Gasteiger partial charge in [0.05, 0.1) is 5.92 Å². The van der Waals surface area contributed by atoms with Crippen LogP contribution in [0.15, 0.2) is 21.2 Å². The SMILES string of the molecule is CC(C)(CC=O)CCCCCC(=O)CCC(C)(C)CC(c1cc(O)no1)c1cc(O)no1. The largest absolute Gasteiger partial charge is 0.491 e. The molecular formula is C24H36N2O6. The molecule has 0 aromatic carbocycles. The summed E-state index contributed by atoms with van der Waals surface area (Å²) < 4.78 is 10.4. The maximum Gasteiger partial charge on any atom is 0.251 e. The molecule has 0 aliphatic rings. The van der Waals surface area contributed by atoms with Crippen LogP contribution in [-0.2, 0) is 9.59 Å². The molecule has 2 heterocycles. The maximum absolute atomic E-state index is 12.4. The second-order valence-corrected chi connectivity index (χ2v) is 10.2. The van der Waals surface area contributed by atoms with E-state index in [-0.39, 0.29) is 28.4 Å². The third-order valence-electron chi connectivity index (χ3n) is 6.00.